The van der Waals surface area contributed by atoms with Crippen LogP contribution in [0, 0.1) is 0 Å². The molecule has 0 aromatic carbocycles. The minimum atomic E-state index is -1.99. The highest BCUT2D eigenvalue weighted by atomic mass is 16.5. The average Bonchev–Trinajstić information content (AvgIpc) is 2.21. The lowest BCUT2D eigenvalue weighted by molar-refractivity contribution is -0.169. The number of carbonyl (C=O) groups is 2. The molecule has 86 valence electrons. The summed E-state index contributed by atoms with van der Waals surface area (Å²) < 4.78 is 4.69. The number of ketones is 1. The number of hydrogen-bond acceptors (Lipinski definition) is 4. The van der Waals surface area contributed by atoms with Gasteiger partial charge < -0.3 is 9.84 Å². The van der Waals surface area contributed by atoms with Crippen LogP contribution in [-0.4, -0.2) is 29.1 Å². The van der Waals surface area contributed by atoms with Crippen LogP contribution in [0.4, 0.5) is 0 Å². The van der Waals surface area contributed by atoms with Crippen LogP contribution in [0.15, 0.2) is 12.7 Å². The summed E-state index contributed by atoms with van der Waals surface area (Å²) in [6.45, 7) is 6.48. The maximum Gasteiger partial charge on any atom is 0.346 e. The number of unbranched alkanes of at least 4 members (excludes halogenated alkanes) is 1. The van der Waals surface area contributed by atoms with E-state index in [1.807, 2.05) is 6.92 Å². The number of hydrogen-bond donors (Lipinski definition) is 1. The van der Waals surface area contributed by atoms with E-state index < -0.39 is 17.4 Å². The molecule has 0 radical (unpaired) electrons. The third-order valence-corrected chi connectivity index (χ3v) is 2.14. The van der Waals surface area contributed by atoms with Gasteiger partial charge >= 0.3 is 5.97 Å². The maximum absolute atomic E-state index is 11.4. The van der Waals surface area contributed by atoms with Gasteiger partial charge in [-0.3, -0.25) is 4.79 Å². The van der Waals surface area contributed by atoms with Crippen molar-refractivity contribution in [3.8, 4) is 0 Å². The molecular weight excluding hydrogens is 196 g/mol. The molecule has 1 atom stereocenters. The first-order valence-electron chi connectivity index (χ1n) is 5.00. The van der Waals surface area contributed by atoms with Gasteiger partial charge in [-0.15, -0.1) is 0 Å². The zero-order chi connectivity index (χ0) is 11.9. The van der Waals surface area contributed by atoms with Crippen molar-refractivity contribution < 1.29 is 19.4 Å². The fourth-order valence-corrected chi connectivity index (χ4v) is 1.11. The first kappa shape index (κ1) is 13.8. The molecule has 0 aliphatic heterocycles. The van der Waals surface area contributed by atoms with E-state index in [1.165, 1.54) is 13.0 Å². The molecule has 0 saturated heterocycles. The summed E-state index contributed by atoms with van der Waals surface area (Å²) in [6, 6.07) is 0. The van der Waals surface area contributed by atoms with Crippen molar-refractivity contribution in [2.75, 3.05) is 6.61 Å². The Morgan fingerprint density at radius 2 is 2.13 bits per heavy atom. The first-order chi connectivity index (χ1) is 6.99. The molecular formula is C11H18O4. The Morgan fingerprint density at radius 3 is 2.53 bits per heavy atom. The fourth-order valence-electron chi connectivity index (χ4n) is 1.11. The van der Waals surface area contributed by atoms with Gasteiger partial charge in [0.2, 0.25) is 5.60 Å². The van der Waals surface area contributed by atoms with Crippen LogP contribution < -0.4 is 0 Å². The number of ether oxygens (including phenoxy) is 1. The van der Waals surface area contributed by atoms with Crippen molar-refractivity contribution in [3.63, 3.8) is 0 Å². The van der Waals surface area contributed by atoms with Gasteiger partial charge in [-0.25, -0.2) is 4.79 Å². The minimum Gasteiger partial charge on any atom is -0.459 e. The van der Waals surface area contributed by atoms with Crippen LogP contribution in [0.1, 0.15) is 33.1 Å². The lowest BCUT2D eigenvalue weighted by Crippen LogP contribution is -2.46. The van der Waals surface area contributed by atoms with Crippen molar-refractivity contribution in [1.82, 2.24) is 0 Å². The molecule has 4 nitrogen and oxygen atoms in total. The Kier molecular flexibility index (Phi) is 5.86. The van der Waals surface area contributed by atoms with E-state index in [-0.39, 0.29) is 13.0 Å². The SMILES string of the molecule is C=CCOC(=O)C(O)(CCCC)C(C)=O. The second kappa shape index (κ2) is 6.35. The Hall–Kier alpha value is -1.16. The summed E-state index contributed by atoms with van der Waals surface area (Å²) in [4.78, 5) is 22.6. The second-order valence-electron chi connectivity index (χ2n) is 3.41. The lowest BCUT2D eigenvalue weighted by atomic mass is 9.93. The van der Waals surface area contributed by atoms with Crippen LogP contribution in [0.3, 0.4) is 0 Å². The van der Waals surface area contributed by atoms with Gasteiger partial charge in [0.1, 0.15) is 6.61 Å². The van der Waals surface area contributed by atoms with Crippen LogP contribution >= 0.6 is 0 Å². The van der Waals surface area contributed by atoms with Crippen molar-refractivity contribution in [2.45, 2.75) is 38.7 Å². The average molecular weight is 214 g/mol. The predicted molar refractivity (Wildman–Crippen MR) is 56.3 cm³/mol. The summed E-state index contributed by atoms with van der Waals surface area (Å²) in [7, 11) is 0. The van der Waals surface area contributed by atoms with Gasteiger partial charge in [0, 0.05) is 0 Å². The van der Waals surface area contributed by atoms with E-state index in [0.717, 1.165) is 6.42 Å². The molecule has 0 aliphatic carbocycles. The van der Waals surface area contributed by atoms with Crippen LogP contribution in [-0.2, 0) is 14.3 Å². The molecule has 1 N–H and O–H groups in total. The van der Waals surface area contributed by atoms with E-state index in [2.05, 4.69) is 11.3 Å². The summed E-state index contributed by atoms with van der Waals surface area (Å²) in [5.74, 6) is -1.46. The number of rotatable bonds is 7. The summed E-state index contributed by atoms with van der Waals surface area (Å²) >= 11 is 0. The van der Waals surface area contributed by atoms with Gasteiger partial charge in [-0.1, -0.05) is 26.0 Å². The number of esters is 1. The Balaban J connectivity index is 4.54. The fraction of sp³-hybridized carbons (Fsp3) is 0.636. The molecule has 4 heteroatoms. The molecule has 1 unspecified atom stereocenters. The first-order valence-corrected chi connectivity index (χ1v) is 5.00. The van der Waals surface area contributed by atoms with E-state index in [1.54, 1.807) is 0 Å². The molecule has 0 saturated carbocycles. The molecule has 0 amide bonds. The van der Waals surface area contributed by atoms with Crippen LogP contribution in [0.2, 0.25) is 0 Å². The third kappa shape index (κ3) is 3.83. The largest absolute Gasteiger partial charge is 0.459 e. The Labute approximate surface area is 89.9 Å². The normalized spacial score (nSPS) is 14.1. The molecule has 0 rings (SSSR count). The van der Waals surface area contributed by atoms with Crippen molar-refractivity contribution in [3.05, 3.63) is 12.7 Å². The quantitative estimate of drug-likeness (QED) is 0.393. The zero-order valence-corrected chi connectivity index (χ0v) is 9.28. The van der Waals surface area contributed by atoms with Gasteiger partial charge in [0.05, 0.1) is 0 Å². The van der Waals surface area contributed by atoms with Crippen molar-refractivity contribution >= 4 is 11.8 Å². The van der Waals surface area contributed by atoms with Crippen molar-refractivity contribution in [2.24, 2.45) is 0 Å². The van der Waals surface area contributed by atoms with Crippen LogP contribution in [0.5, 0.6) is 0 Å². The standard InChI is InChI=1S/C11H18O4/c1-4-6-7-11(14,9(3)12)10(13)15-8-5-2/h5,14H,2,4,6-8H2,1,3H3. The molecule has 0 aliphatic rings. The van der Waals surface area contributed by atoms with Crippen molar-refractivity contribution in [1.29, 1.82) is 0 Å². The number of aliphatic hydroxyl groups is 1. The highest BCUT2D eigenvalue weighted by Gasteiger charge is 2.41. The van der Waals surface area contributed by atoms with E-state index in [4.69, 9.17) is 0 Å². The molecule has 0 spiro atoms. The molecule has 0 aromatic heterocycles. The topological polar surface area (TPSA) is 63.6 Å². The van der Waals surface area contributed by atoms with E-state index in [0.29, 0.717) is 6.42 Å². The van der Waals surface area contributed by atoms with Crippen LogP contribution in [0.25, 0.3) is 0 Å². The number of carbonyl (C=O) groups excluding carboxylic acids is 2. The molecule has 15 heavy (non-hydrogen) atoms. The van der Waals surface area contributed by atoms with Gasteiger partial charge in [0.15, 0.2) is 5.78 Å². The van der Waals surface area contributed by atoms with Gasteiger partial charge in [0.25, 0.3) is 0 Å². The minimum absolute atomic E-state index is 0.000544. The molecule has 0 bridgehead atoms. The molecule has 0 fully saturated rings. The maximum atomic E-state index is 11.4. The highest BCUT2D eigenvalue weighted by molar-refractivity contribution is 6.05. The lowest BCUT2D eigenvalue weighted by Gasteiger charge is -2.22. The zero-order valence-electron chi connectivity index (χ0n) is 9.28. The smallest absolute Gasteiger partial charge is 0.346 e. The monoisotopic (exact) mass is 214 g/mol. The third-order valence-electron chi connectivity index (χ3n) is 2.14. The van der Waals surface area contributed by atoms with E-state index >= 15 is 0 Å². The van der Waals surface area contributed by atoms with Gasteiger partial charge in [-0.2, -0.15) is 0 Å². The number of Topliss-reactive ketones (excluding diaryl/α,β-unsaturated/α-hetero) is 1. The molecule has 0 heterocycles. The predicted octanol–water partition coefficient (Wildman–Crippen LogP) is 1.23. The Bertz CT molecular complexity index is 247. The highest BCUT2D eigenvalue weighted by Crippen LogP contribution is 2.17. The summed E-state index contributed by atoms with van der Waals surface area (Å²) in [6.07, 6.45) is 2.89. The Morgan fingerprint density at radius 1 is 1.53 bits per heavy atom. The second-order valence-corrected chi connectivity index (χ2v) is 3.41. The summed E-state index contributed by atoms with van der Waals surface area (Å²) in [5.41, 5.74) is -1.99. The summed E-state index contributed by atoms with van der Waals surface area (Å²) in [5, 5.41) is 9.86. The van der Waals surface area contributed by atoms with E-state index in [9.17, 15) is 14.7 Å². The van der Waals surface area contributed by atoms with Gasteiger partial charge in [-0.05, 0) is 19.8 Å². The molecule has 0 aromatic rings.